The van der Waals surface area contributed by atoms with E-state index in [0.717, 1.165) is 31.2 Å². The Balaban J connectivity index is 1.78. The molecule has 0 aliphatic heterocycles. The fourth-order valence-electron chi connectivity index (χ4n) is 2.05. The van der Waals surface area contributed by atoms with E-state index in [1.165, 1.54) is 12.8 Å². The molecule has 3 nitrogen and oxygen atoms in total. The molecule has 0 amide bonds. The van der Waals surface area contributed by atoms with Crippen molar-refractivity contribution < 1.29 is 9.13 Å². The van der Waals surface area contributed by atoms with Gasteiger partial charge in [-0.15, -0.1) is 0 Å². The van der Waals surface area contributed by atoms with E-state index in [-0.39, 0.29) is 5.82 Å². The fourth-order valence-corrected chi connectivity index (χ4v) is 2.05. The number of nitrogens with one attached hydrogen (secondary N) is 1. The molecule has 1 aliphatic rings. The van der Waals surface area contributed by atoms with Gasteiger partial charge in [0.1, 0.15) is 0 Å². The van der Waals surface area contributed by atoms with Gasteiger partial charge in [-0.3, -0.25) is 0 Å². The zero-order valence-corrected chi connectivity index (χ0v) is 11.8. The third-order valence-corrected chi connectivity index (χ3v) is 3.25. The predicted molar refractivity (Wildman–Crippen MR) is 74.9 cm³/mol. The second-order valence-electron chi connectivity index (χ2n) is 5.16. The minimum atomic E-state index is -0.274. The van der Waals surface area contributed by atoms with Crippen LogP contribution in [0.2, 0.25) is 0 Å². The summed E-state index contributed by atoms with van der Waals surface area (Å²) in [4.78, 5) is 2.20. The summed E-state index contributed by atoms with van der Waals surface area (Å²) in [6, 6.07) is 5.95. The molecule has 1 N–H and O–H groups in total. The first-order valence-corrected chi connectivity index (χ1v) is 7.02. The second-order valence-corrected chi connectivity index (χ2v) is 5.16. The van der Waals surface area contributed by atoms with E-state index >= 15 is 0 Å². The second kappa shape index (κ2) is 6.87. The summed E-state index contributed by atoms with van der Waals surface area (Å²) in [7, 11) is 2.06. The van der Waals surface area contributed by atoms with Crippen molar-refractivity contribution in [2.24, 2.45) is 0 Å². The molecule has 1 aliphatic carbocycles. The zero-order valence-electron chi connectivity index (χ0n) is 11.8. The maximum absolute atomic E-state index is 13.7. The van der Waals surface area contributed by atoms with Crippen LogP contribution in [0.3, 0.4) is 0 Å². The molecule has 0 radical (unpaired) electrons. The monoisotopic (exact) mass is 266 g/mol. The summed E-state index contributed by atoms with van der Waals surface area (Å²) in [5.41, 5.74) is 0.981. The van der Waals surface area contributed by atoms with Crippen LogP contribution >= 0.6 is 0 Å². The Morgan fingerprint density at radius 2 is 2.21 bits per heavy atom. The topological polar surface area (TPSA) is 24.5 Å². The third-order valence-electron chi connectivity index (χ3n) is 3.25. The van der Waals surface area contributed by atoms with E-state index in [9.17, 15) is 4.39 Å². The fraction of sp³-hybridized carbons (Fsp3) is 0.600. The van der Waals surface area contributed by atoms with Crippen molar-refractivity contribution >= 4 is 0 Å². The zero-order chi connectivity index (χ0) is 13.7. The largest absolute Gasteiger partial charge is 0.491 e. The van der Waals surface area contributed by atoms with E-state index < -0.39 is 0 Å². The molecule has 2 rings (SSSR count). The van der Waals surface area contributed by atoms with Crippen LogP contribution in [0.25, 0.3) is 0 Å². The first kappa shape index (κ1) is 14.3. The quantitative estimate of drug-likeness (QED) is 0.782. The number of rotatable bonds is 8. The number of nitrogens with zero attached hydrogens (tertiary/aromatic N) is 1. The number of halogens is 1. The molecule has 1 aromatic rings. The molecule has 19 heavy (non-hydrogen) atoms. The maximum atomic E-state index is 13.7. The molecule has 1 aromatic carbocycles. The molecule has 0 atom stereocenters. The Morgan fingerprint density at radius 3 is 2.84 bits per heavy atom. The van der Waals surface area contributed by atoms with E-state index in [0.29, 0.717) is 12.4 Å². The number of hydrogen-bond acceptors (Lipinski definition) is 3. The van der Waals surface area contributed by atoms with Crippen LogP contribution in [0.4, 0.5) is 4.39 Å². The molecule has 0 bridgehead atoms. The molecule has 0 aromatic heterocycles. The average Bonchev–Trinajstić information content (AvgIpc) is 3.17. The van der Waals surface area contributed by atoms with E-state index in [2.05, 4.69) is 17.3 Å². The van der Waals surface area contributed by atoms with E-state index in [1.807, 2.05) is 13.0 Å². The van der Waals surface area contributed by atoms with Crippen LogP contribution in [0.5, 0.6) is 5.75 Å². The number of benzene rings is 1. The van der Waals surface area contributed by atoms with Gasteiger partial charge < -0.3 is 15.0 Å². The summed E-state index contributed by atoms with van der Waals surface area (Å²) >= 11 is 0. The normalized spacial score (nSPS) is 14.9. The molecule has 0 spiro atoms. The number of ether oxygens (including phenoxy) is 1. The Morgan fingerprint density at radius 1 is 1.42 bits per heavy atom. The summed E-state index contributed by atoms with van der Waals surface area (Å²) in [6.45, 7) is 5.08. The van der Waals surface area contributed by atoms with Crippen molar-refractivity contribution in [1.29, 1.82) is 0 Å². The predicted octanol–water partition coefficient (Wildman–Crippen LogP) is 2.41. The highest BCUT2D eigenvalue weighted by atomic mass is 19.1. The van der Waals surface area contributed by atoms with Crippen molar-refractivity contribution in [3.8, 4) is 5.75 Å². The summed E-state index contributed by atoms with van der Waals surface area (Å²) in [5, 5.41) is 3.47. The van der Waals surface area contributed by atoms with Crippen LogP contribution < -0.4 is 10.1 Å². The van der Waals surface area contributed by atoms with Gasteiger partial charge in [0.05, 0.1) is 6.61 Å². The standard InChI is InChI=1S/C15H23FN2O/c1-3-19-15-7-4-12(10-14(15)16)11-18(2)9-8-17-13-5-6-13/h4,7,10,13,17H,3,5-6,8-9,11H2,1-2H3. The van der Waals surface area contributed by atoms with Gasteiger partial charge in [0.2, 0.25) is 0 Å². The van der Waals surface area contributed by atoms with Crippen LogP contribution in [-0.4, -0.2) is 37.7 Å². The van der Waals surface area contributed by atoms with E-state index in [1.54, 1.807) is 12.1 Å². The van der Waals surface area contributed by atoms with E-state index in [4.69, 9.17) is 4.74 Å². The molecule has 0 unspecified atom stereocenters. The molecule has 1 saturated carbocycles. The van der Waals surface area contributed by atoms with Crippen LogP contribution in [0.15, 0.2) is 18.2 Å². The van der Waals surface area contributed by atoms with Crippen LogP contribution in [0, 0.1) is 5.82 Å². The lowest BCUT2D eigenvalue weighted by molar-refractivity contribution is 0.315. The van der Waals surface area contributed by atoms with Gasteiger partial charge in [-0.2, -0.15) is 0 Å². The van der Waals surface area contributed by atoms with Gasteiger partial charge in [0, 0.05) is 25.7 Å². The van der Waals surface area contributed by atoms with Crippen LogP contribution in [-0.2, 0) is 6.54 Å². The summed E-state index contributed by atoms with van der Waals surface area (Å²) in [6.07, 6.45) is 2.63. The Labute approximate surface area is 114 Å². The highest BCUT2D eigenvalue weighted by molar-refractivity contribution is 5.29. The first-order valence-electron chi connectivity index (χ1n) is 7.02. The van der Waals surface area contributed by atoms with Gasteiger partial charge in [0.25, 0.3) is 0 Å². The Hall–Kier alpha value is -1.13. The minimum Gasteiger partial charge on any atom is -0.491 e. The Bertz CT molecular complexity index is 407. The molecule has 106 valence electrons. The molecular formula is C15H23FN2O. The van der Waals surface area contributed by atoms with Crippen molar-refractivity contribution in [2.45, 2.75) is 32.4 Å². The minimum absolute atomic E-state index is 0.274. The maximum Gasteiger partial charge on any atom is 0.165 e. The average molecular weight is 266 g/mol. The highest BCUT2D eigenvalue weighted by Gasteiger charge is 2.19. The molecular weight excluding hydrogens is 243 g/mol. The SMILES string of the molecule is CCOc1ccc(CN(C)CCNC2CC2)cc1F. The van der Waals surface area contributed by atoms with Crippen molar-refractivity contribution in [2.75, 3.05) is 26.7 Å². The van der Waals surface area contributed by atoms with Gasteiger partial charge in [0.15, 0.2) is 11.6 Å². The highest BCUT2D eigenvalue weighted by Crippen LogP contribution is 2.19. The van der Waals surface area contributed by atoms with Crippen molar-refractivity contribution in [3.63, 3.8) is 0 Å². The Kier molecular flexibility index (Phi) is 5.16. The smallest absolute Gasteiger partial charge is 0.165 e. The number of hydrogen-bond donors (Lipinski definition) is 1. The van der Waals surface area contributed by atoms with Gasteiger partial charge in [-0.05, 0) is 44.5 Å². The van der Waals surface area contributed by atoms with Crippen LogP contribution in [0.1, 0.15) is 25.3 Å². The van der Waals surface area contributed by atoms with Gasteiger partial charge in [-0.25, -0.2) is 4.39 Å². The van der Waals surface area contributed by atoms with Gasteiger partial charge >= 0.3 is 0 Å². The summed E-state index contributed by atoms with van der Waals surface area (Å²) in [5.74, 6) is 0.0631. The lowest BCUT2D eigenvalue weighted by atomic mass is 10.2. The first-order chi connectivity index (χ1) is 9.19. The van der Waals surface area contributed by atoms with Gasteiger partial charge in [-0.1, -0.05) is 6.07 Å². The third kappa shape index (κ3) is 4.80. The number of likely N-dealkylation sites (N-methyl/N-ethyl adjacent to an activating group) is 1. The lowest BCUT2D eigenvalue weighted by Crippen LogP contribution is -2.30. The summed E-state index contributed by atoms with van der Waals surface area (Å²) < 4.78 is 18.9. The van der Waals surface area contributed by atoms with Crippen molar-refractivity contribution in [3.05, 3.63) is 29.6 Å². The molecule has 0 heterocycles. The molecule has 1 fully saturated rings. The van der Waals surface area contributed by atoms with Crippen molar-refractivity contribution in [1.82, 2.24) is 10.2 Å². The molecule has 0 saturated heterocycles. The molecule has 4 heteroatoms. The lowest BCUT2D eigenvalue weighted by Gasteiger charge is -2.17.